The van der Waals surface area contributed by atoms with Crippen LogP contribution in [-0.4, -0.2) is 20.4 Å². The number of fused-ring (bicyclic) bond motifs is 1. The molecule has 0 aliphatic heterocycles. The van der Waals surface area contributed by atoms with Gasteiger partial charge in [0.25, 0.3) is 0 Å². The van der Waals surface area contributed by atoms with Crippen LogP contribution in [-0.2, 0) is 10.8 Å². The van der Waals surface area contributed by atoms with Gasteiger partial charge in [-0.3, -0.25) is 9.19 Å². The molecular formula is C16H14N2OS. The molecule has 1 aromatic carbocycles. The largest absolute Gasteiger partial charge is 0.260 e. The van der Waals surface area contributed by atoms with Crippen molar-refractivity contribution in [1.29, 1.82) is 0 Å². The molecule has 3 rings (SSSR count). The molecule has 0 fully saturated rings. The van der Waals surface area contributed by atoms with Crippen molar-refractivity contribution < 1.29 is 4.21 Å². The highest BCUT2D eigenvalue weighted by atomic mass is 32.2. The number of pyridine rings is 2. The number of nitrogens with zero attached hydrogens (tertiary/aromatic N) is 2. The summed E-state index contributed by atoms with van der Waals surface area (Å²) in [6, 6.07) is 11.9. The molecule has 3 nitrogen and oxygen atoms in total. The van der Waals surface area contributed by atoms with Gasteiger partial charge in [0.2, 0.25) is 0 Å². The van der Waals surface area contributed by atoms with Crippen LogP contribution in [0, 0.1) is 6.92 Å². The van der Waals surface area contributed by atoms with Crippen molar-refractivity contribution in [1.82, 2.24) is 9.97 Å². The fourth-order valence-corrected chi connectivity index (χ4v) is 2.79. The van der Waals surface area contributed by atoms with E-state index in [1.54, 1.807) is 12.5 Å². The predicted molar refractivity (Wildman–Crippen MR) is 82.0 cm³/mol. The molecule has 0 aliphatic carbocycles. The van der Waals surface area contributed by atoms with Gasteiger partial charge in [-0.25, -0.2) is 4.98 Å². The van der Waals surface area contributed by atoms with E-state index in [-0.39, 0.29) is 0 Å². The molecule has 1 atom stereocenters. The zero-order valence-corrected chi connectivity index (χ0v) is 12.1. The third-order valence-corrected chi connectivity index (χ3v) is 4.14. The zero-order chi connectivity index (χ0) is 14.1. The molecule has 0 amide bonds. The van der Waals surface area contributed by atoms with Crippen molar-refractivity contribution in [2.45, 2.75) is 11.9 Å². The van der Waals surface area contributed by atoms with E-state index in [0.717, 1.165) is 27.6 Å². The summed E-state index contributed by atoms with van der Waals surface area (Å²) in [7, 11) is -1.05. The predicted octanol–water partition coefficient (Wildman–Crippen LogP) is 3.34. The molecule has 0 saturated carbocycles. The second kappa shape index (κ2) is 5.13. The Morgan fingerprint density at radius 1 is 1.00 bits per heavy atom. The van der Waals surface area contributed by atoms with Crippen molar-refractivity contribution >= 4 is 21.6 Å². The highest BCUT2D eigenvalue weighted by Gasteiger charge is 2.09. The van der Waals surface area contributed by atoms with Gasteiger partial charge in [0.1, 0.15) is 5.03 Å². The molecule has 4 heteroatoms. The summed E-state index contributed by atoms with van der Waals surface area (Å²) in [5, 5.41) is 2.86. The lowest BCUT2D eigenvalue weighted by molar-refractivity contribution is 0.684. The Bertz CT molecular complexity index is 797. The second-order valence-corrected chi connectivity index (χ2v) is 5.97. The van der Waals surface area contributed by atoms with Crippen molar-refractivity contribution in [2.24, 2.45) is 0 Å². The molecule has 0 spiro atoms. The molecule has 100 valence electrons. The van der Waals surface area contributed by atoms with Crippen LogP contribution in [0.1, 0.15) is 5.69 Å². The zero-order valence-electron chi connectivity index (χ0n) is 11.3. The molecule has 3 aromatic rings. The first-order chi connectivity index (χ1) is 9.66. The summed E-state index contributed by atoms with van der Waals surface area (Å²) in [6.07, 6.45) is 5.29. The summed E-state index contributed by atoms with van der Waals surface area (Å²) >= 11 is 0. The Morgan fingerprint density at radius 3 is 2.50 bits per heavy atom. The van der Waals surface area contributed by atoms with Gasteiger partial charge in [0, 0.05) is 40.9 Å². The van der Waals surface area contributed by atoms with Gasteiger partial charge < -0.3 is 0 Å². The monoisotopic (exact) mass is 282 g/mol. The molecule has 0 saturated heterocycles. The fraction of sp³-hybridized carbons (Fsp3) is 0.125. The molecule has 0 radical (unpaired) electrons. The Balaban J connectivity index is 2.23. The number of aromatic nitrogens is 2. The van der Waals surface area contributed by atoms with Gasteiger partial charge >= 0.3 is 0 Å². The van der Waals surface area contributed by atoms with Crippen LogP contribution in [0.25, 0.3) is 21.9 Å². The Kier molecular flexibility index (Phi) is 3.32. The van der Waals surface area contributed by atoms with E-state index in [4.69, 9.17) is 0 Å². The summed E-state index contributed by atoms with van der Waals surface area (Å²) in [6.45, 7) is 1.99. The van der Waals surface area contributed by atoms with Crippen LogP contribution in [0.2, 0.25) is 0 Å². The normalized spacial score (nSPS) is 12.5. The number of benzene rings is 1. The van der Waals surface area contributed by atoms with Gasteiger partial charge in [-0.15, -0.1) is 0 Å². The second-order valence-electron chi connectivity index (χ2n) is 4.65. The first-order valence-electron chi connectivity index (χ1n) is 6.31. The Hall–Kier alpha value is -2.07. The topological polar surface area (TPSA) is 42.9 Å². The van der Waals surface area contributed by atoms with E-state index in [1.165, 1.54) is 0 Å². The molecule has 0 bridgehead atoms. The lowest BCUT2D eigenvalue weighted by Gasteiger charge is -2.09. The SMILES string of the molecule is Cc1ncc2ccccc2c1-c1ccc(S(C)=O)nc1. The van der Waals surface area contributed by atoms with E-state index in [2.05, 4.69) is 16.0 Å². The van der Waals surface area contributed by atoms with Gasteiger partial charge in [-0.2, -0.15) is 0 Å². The van der Waals surface area contributed by atoms with E-state index < -0.39 is 10.8 Å². The lowest BCUT2D eigenvalue weighted by atomic mass is 9.99. The van der Waals surface area contributed by atoms with E-state index in [0.29, 0.717) is 5.03 Å². The quantitative estimate of drug-likeness (QED) is 0.724. The van der Waals surface area contributed by atoms with Gasteiger partial charge in [0.15, 0.2) is 0 Å². The van der Waals surface area contributed by atoms with Crippen LogP contribution >= 0.6 is 0 Å². The maximum absolute atomic E-state index is 11.4. The highest BCUT2D eigenvalue weighted by Crippen LogP contribution is 2.30. The van der Waals surface area contributed by atoms with E-state index in [1.807, 2.05) is 43.5 Å². The highest BCUT2D eigenvalue weighted by molar-refractivity contribution is 7.84. The van der Waals surface area contributed by atoms with Crippen molar-refractivity contribution in [2.75, 3.05) is 6.26 Å². The molecule has 0 aliphatic rings. The van der Waals surface area contributed by atoms with Crippen LogP contribution < -0.4 is 0 Å². The number of hydrogen-bond donors (Lipinski definition) is 0. The minimum absolute atomic E-state index is 0.597. The maximum Gasteiger partial charge on any atom is 0.126 e. The lowest BCUT2D eigenvalue weighted by Crippen LogP contribution is -1.94. The van der Waals surface area contributed by atoms with Crippen LogP contribution in [0.3, 0.4) is 0 Å². The Labute approximate surface area is 120 Å². The minimum Gasteiger partial charge on any atom is -0.260 e. The van der Waals surface area contributed by atoms with Gasteiger partial charge in [-0.1, -0.05) is 24.3 Å². The Morgan fingerprint density at radius 2 is 1.80 bits per heavy atom. The number of aryl methyl sites for hydroxylation is 1. The summed E-state index contributed by atoms with van der Waals surface area (Å²) < 4.78 is 11.4. The summed E-state index contributed by atoms with van der Waals surface area (Å²) in [5.41, 5.74) is 3.06. The summed E-state index contributed by atoms with van der Waals surface area (Å²) in [4.78, 5) is 8.73. The van der Waals surface area contributed by atoms with Crippen LogP contribution in [0.15, 0.2) is 53.8 Å². The fourth-order valence-electron chi connectivity index (χ4n) is 2.33. The van der Waals surface area contributed by atoms with Crippen molar-refractivity contribution in [3.05, 3.63) is 54.5 Å². The first kappa shape index (κ1) is 12.9. The van der Waals surface area contributed by atoms with E-state index in [9.17, 15) is 4.21 Å². The first-order valence-corrected chi connectivity index (χ1v) is 7.87. The van der Waals surface area contributed by atoms with Crippen LogP contribution in [0.4, 0.5) is 0 Å². The molecule has 1 unspecified atom stereocenters. The standard InChI is InChI=1S/C16H14N2OS/c1-11-16(13-7-8-15(18-10-13)20(2)19)14-6-4-3-5-12(14)9-17-11/h3-10H,1-2H3. The van der Waals surface area contributed by atoms with Crippen molar-refractivity contribution in [3.8, 4) is 11.1 Å². The molecule has 2 aromatic heterocycles. The van der Waals surface area contributed by atoms with Crippen LogP contribution in [0.5, 0.6) is 0 Å². The minimum atomic E-state index is -1.05. The van der Waals surface area contributed by atoms with E-state index >= 15 is 0 Å². The summed E-state index contributed by atoms with van der Waals surface area (Å²) in [5.74, 6) is 0. The number of rotatable bonds is 2. The molecule has 2 heterocycles. The molecular weight excluding hydrogens is 268 g/mol. The molecule has 0 N–H and O–H groups in total. The maximum atomic E-state index is 11.4. The van der Waals surface area contributed by atoms with Crippen molar-refractivity contribution in [3.63, 3.8) is 0 Å². The third kappa shape index (κ3) is 2.23. The number of hydrogen-bond acceptors (Lipinski definition) is 3. The molecule has 20 heavy (non-hydrogen) atoms. The average molecular weight is 282 g/mol. The van der Waals surface area contributed by atoms with Gasteiger partial charge in [-0.05, 0) is 24.4 Å². The van der Waals surface area contributed by atoms with Gasteiger partial charge in [0.05, 0.1) is 10.8 Å². The average Bonchev–Trinajstić information content (AvgIpc) is 2.47. The smallest absolute Gasteiger partial charge is 0.126 e. The third-order valence-electron chi connectivity index (χ3n) is 3.31.